The topological polar surface area (TPSA) is 56.6 Å². The third kappa shape index (κ3) is 2.91. The van der Waals surface area contributed by atoms with Gasteiger partial charge in [-0.1, -0.05) is 0 Å². The summed E-state index contributed by atoms with van der Waals surface area (Å²) in [5.74, 6) is 0.759. The van der Waals surface area contributed by atoms with Crippen LogP contribution in [-0.2, 0) is 0 Å². The normalized spacial score (nSPS) is 14.7. The predicted molar refractivity (Wildman–Crippen MR) is 59.8 cm³/mol. The van der Waals surface area contributed by atoms with Gasteiger partial charge in [0.05, 0.1) is 18.8 Å². The van der Waals surface area contributed by atoms with E-state index in [0.717, 1.165) is 11.4 Å². The fourth-order valence-corrected chi connectivity index (χ4v) is 1.24. The highest BCUT2D eigenvalue weighted by molar-refractivity contribution is 5.41. The average Bonchev–Trinajstić information content (AvgIpc) is 2.27. The lowest BCUT2D eigenvalue weighted by atomic mass is 10.1. The van der Waals surface area contributed by atoms with E-state index >= 15 is 0 Å². The molecule has 2 N–H and O–H groups in total. The minimum absolute atomic E-state index is 0.0155. The molecule has 0 saturated heterocycles. The van der Waals surface area contributed by atoms with Crippen molar-refractivity contribution < 1.29 is 10.2 Å². The van der Waals surface area contributed by atoms with Crippen molar-refractivity contribution >= 4 is 5.82 Å². The summed E-state index contributed by atoms with van der Waals surface area (Å²) in [6.45, 7) is 3.71. The van der Waals surface area contributed by atoms with Crippen LogP contribution < -0.4 is 4.90 Å². The van der Waals surface area contributed by atoms with Gasteiger partial charge in [-0.3, -0.25) is 0 Å². The van der Waals surface area contributed by atoms with E-state index in [1.54, 1.807) is 19.2 Å². The number of aliphatic hydroxyl groups is 2. The Morgan fingerprint density at radius 2 is 2.13 bits per heavy atom. The SMILES string of the molecule is CC(O)c1ccnc(N(C)C(C)CO)c1. The van der Waals surface area contributed by atoms with Crippen LogP contribution in [-0.4, -0.2) is 34.9 Å². The van der Waals surface area contributed by atoms with Crippen molar-refractivity contribution in [2.75, 3.05) is 18.6 Å². The quantitative estimate of drug-likeness (QED) is 0.777. The van der Waals surface area contributed by atoms with Crippen molar-refractivity contribution in [3.05, 3.63) is 23.9 Å². The van der Waals surface area contributed by atoms with Crippen LogP contribution in [0.2, 0.25) is 0 Å². The van der Waals surface area contributed by atoms with Gasteiger partial charge in [-0.05, 0) is 31.5 Å². The summed E-state index contributed by atoms with van der Waals surface area (Å²) in [6.07, 6.45) is 1.17. The van der Waals surface area contributed by atoms with Crippen LogP contribution in [0, 0.1) is 0 Å². The monoisotopic (exact) mass is 210 g/mol. The van der Waals surface area contributed by atoms with Crippen molar-refractivity contribution in [1.82, 2.24) is 4.98 Å². The van der Waals surface area contributed by atoms with E-state index in [4.69, 9.17) is 5.11 Å². The van der Waals surface area contributed by atoms with Crippen molar-refractivity contribution in [2.24, 2.45) is 0 Å². The number of nitrogens with zero attached hydrogens (tertiary/aromatic N) is 2. The molecule has 0 aliphatic carbocycles. The summed E-state index contributed by atoms with van der Waals surface area (Å²) in [4.78, 5) is 6.08. The van der Waals surface area contributed by atoms with Gasteiger partial charge in [0.2, 0.25) is 0 Å². The van der Waals surface area contributed by atoms with E-state index < -0.39 is 6.10 Å². The second-order valence-corrected chi connectivity index (χ2v) is 3.77. The van der Waals surface area contributed by atoms with Gasteiger partial charge in [-0.25, -0.2) is 4.98 Å². The lowest BCUT2D eigenvalue weighted by Crippen LogP contribution is -2.32. The highest BCUT2D eigenvalue weighted by atomic mass is 16.3. The fraction of sp³-hybridized carbons (Fsp3) is 0.545. The predicted octanol–water partition coefficient (Wildman–Crippen LogP) is 0.952. The molecule has 0 aliphatic rings. The van der Waals surface area contributed by atoms with E-state index in [1.807, 2.05) is 24.9 Å². The molecule has 0 fully saturated rings. The molecular weight excluding hydrogens is 192 g/mol. The Hall–Kier alpha value is -1.13. The van der Waals surface area contributed by atoms with E-state index in [1.165, 1.54) is 0 Å². The first-order valence-corrected chi connectivity index (χ1v) is 5.04. The second-order valence-electron chi connectivity index (χ2n) is 3.77. The summed E-state index contributed by atoms with van der Waals surface area (Å²) in [7, 11) is 1.87. The zero-order chi connectivity index (χ0) is 11.4. The lowest BCUT2D eigenvalue weighted by molar-refractivity contribution is 0.199. The van der Waals surface area contributed by atoms with Crippen molar-refractivity contribution in [3.63, 3.8) is 0 Å². The number of rotatable bonds is 4. The Morgan fingerprint density at radius 3 is 2.67 bits per heavy atom. The summed E-state index contributed by atoms with van der Waals surface area (Å²) in [5, 5.41) is 18.5. The zero-order valence-corrected chi connectivity index (χ0v) is 9.38. The number of hydrogen-bond acceptors (Lipinski definition) is 4. The number of pyridine rings is 1. The largest absolute Gasteiger partial charge is 0.394 e. The highest BCUT2D eigenvalue weighted by Gasteiger charge is 2.11. The molecule has 2 atom stereocenters. The molecule has 1 heterocycles. The van der Waals surface area contributed by atoms with Crippen LogP contribution in [0.5, 0.6) is 0 Å². The lowest BCUT2D eigenvalue weighted by Gasteiger charge is -2.24. The molecule has 0 amide bonds. The van der Waals surface area contributed by atoms with Gasteiger partial charge < -0.3 is 15.1 Å². The van der Waals surface area contributed by atoms with Crippen molar-refractivity contribution in [1.29, 1.82) is 0 Å². The molecule has 0 aliphatic heterocycles. The van der Waals surface area contributed by atoms with Gasteiger partial charge in [0, 0.05) is 13.2 Å². The molecule has 4 nitrogen and oxygen atoms in total. The first-order chi connectivity index (χ1) is 7.06. The van der Waals surface area contributed by atoms with Crippen LogP contribution in [0.1, 0.15) is 25.5 Å². The zero-order valence-electron chi connectivity index (χ0n) is 9.38. The van der Waals surface area contributed by atoms with Crippen LogP contribution in [0.25, 0.3) is 0 Å². The fourth-order valence-electron chi connectivity index (χ4n) is 1.24. The summed E-state index contributed by atoms with van der Waals surface area (Å²) in [6, 6.07) is 3.63. The molecule has 1 rings (SSSR count). The number of aliphatic hydroxyl groups excluding tert-OH is 2. The molecule has 0 spiro atoms. The molecule has 4 heteroatoms. The van der Waals surface area contributed by atoms with Gasteiger partial charge in [0.15, 0.2) is 0 Å². The molecule has 0 aromatic carbocycles. The van der Waals surface area contributed by atoms with E-state index in [-0.39, 0.29) is 12.6 Å². The summed E-state index contributed by atoms with van der Waals surface area (Å²) in [5.41, 5.74) is 0.831. The number of anilines is 1. The molecule has 1 aromatic rings. The number of hydrogen-bond donors (Lipinski definition) is 2. The van der Waals surface area contributed by atoms with Gasteiger partial charge >= 0.3 is 0 Å². The molecule has 0 radical (unpaired) electrons. The molecule has 84 valence electrons. The minimum Gasteiger partial charge on any atom is -0.394 e. The maximum absolute atomic E-state index is 9.43. The molecule has 0 saturated carbocycles. The van der Waals surface area contributed by atoms with E-state index in [2.05, 4.69) is 4.98 Å². The molecule has 2 unspecified atom stereocenters. The van der Waals surface area contributed by atoms with E-state index in [9.17, 15) is 5.11 Å². The van der Waals surface area contributed by atoms with Gasteiger partial charge in [-0.2, -0.15) is 0 Å². The summed E-state index contributed by atoms with van der Waals surface area (Å²) < 4.78 is 0. The van der Waals surface area contributed by atoms with Crippen molar-refractivity contribution in [3.8, 4) is 0 Å². The Labute approximate surface area is 90.2 Å². The minimum atomic E-state index is -0.496. The van der Waals surface area contributed by atoms with Crippen LogP contribution >= 0.6 is 0 Å². The Kier molecular flexibility index (Phi) is 4.05. The Balaban J connectivity index is 2.90. The first kappa shape index (κ1) is 11.9. The van der Waals surface area contributed by atoms with Gasteiger partial charge in [0.1, 0.15) is 5.82 Å². The maximum Gasteiger partial charge on any atom is 0.128 e. The molecule has 0 bridgehead atoms. The number of aromatic nitrogens is 1. The Bertz CT molecular complexity index is 315. The second kappa shape index (κ2) is 5.09. The van der Waals surface area contributed by atoms with Crippen LogP contribution in [0.3, 0.4) is 0 Å². The van der Waals surface area contributed by atoms with Gasteiger partial charge in [0.25, 0.3) is 0 Å². The smallest absolute Gasteiger partial charge is 0.128 e. The molecule has 1 aromatic heterocycles. The third-order valence-electron chi connectivity index (χ3n) is 2.54. The van der Waals surface area contributed by atoms with Crippen LogP contribution in [0.15, 0.2) is 18.3 Å². The maximum atomic E-state index is 9.43. The van der Waals surface area contributed by atoms with Gasteiger partial charge in [-0.15, -0.1) is 0 Å². The average molecular weight is 210 g/mol. The summed E-state index contributed by atoms with van der Waals surface area (Å²) >= 11 is 0. The molecule has 15 heavy (non-hydrogen) atoms. The Morgan fingerprint density at radius 1 is 1.47 bits per heavy atom. The third-order valence-corrected chi connectivity index (χ3v) is 2.54. The first-order valence-electron chi connectivity index (χ1n) is 5.04. The number of likely N-dealkylation sites (N-methyl/N-ethyl adjacent to an activating group) is 1. The highest BCUT2D eigenvalue weighted by Crippen LogP contribution is 2.18. The standard InChI is InChI=1S/C11H18N2O2/c1-8(7-14)13(3)11-6-10(9(2)15)4-5-12-11/h4-6,8-9,14-15H,7H2,1-3H3. The molecular formula is C11H18N2O2. The van der Waals surface area contributed by atoms with E-state index in [0.29, 0.717) is 0 Å². The van der Waals surface area contributed by atoms with Crippen molar-refractivity contribution in [2.45, 2.75) is 26.0 Å². The van der Waals surface area contributed by atoms with Crippen LogP contribution in [0.4, 0.5) is 5.82 Å².